The number of carbonyl (C=O) groups is 2. The van der Waals surface area contributed by atoms with Gasteiger partial charge in [-0.1, -0.05) is 26.0 Å². The molecule has 0 unspecified atom stereocenters. The molecule has 1 heterocycles. The number of anilines is 1. The summed E-state index contributed by atoms with van der Waals surface area (Å²) in [5.74, 6) is -1.22. The largest absolute Gasteiger partial charge is 0.351 e. The van der Waals surface area contributed by atoms with Crippen LogP contribution in [0.5, 0.6) is 0 Å². The smallest absolute Gasteiger partial charge is 0.241 e. The lowest BCUT2D eigenvalue weighted by Crippen LogP contribution is -2.49. The van der Waals surface area contributed by atoms with Crippen LogP contribution in [-0.2, 0) is 32.6 Å². The molecule has 1 aliphatic heterocycles. The second-order valence-corrected chi connectivity index (χ2v) is 9.97. The summed E-state index contributed by atoms with van der Waals surface area (Å²) >= 11 is 0. The highest BCUT2D eigenvalue weighted by Gasteiger charge is 2.29. The van der Waals surface area contributed by atoms with Gasteiger partial charge < -0.3 is 10.2 Å². The van der Waals surface area contributed by atoms with Crippen LogP contribution in [0, 0.1) is 11.7 Å². The Labute approximate surface area is 188 Å². The maximum atomic E-state index is 13.1. The molecule has 7 nitrogen and oxygen atoms in total. The number of aryl methyl sites for hydroxylation is 1. The van der Waals surface area contributed by atoms with Crippen LogP contribution in [0.3, 0.4) is 0 Å². The van der Waals surface area contributed by atoms with Gasteiger partial charge in [-0.05, 0) is 60.2 Å². The maximum absolute atomic E-state index is 13.1. The quantitative estimate of drug-likeness (QED) is 0.663. The van der Waals surface area contributed by atoms with E-state index in [2.05, 4.69) is 10.0 Å². The summed E-state index contributed by atoms with van der Waals surface area (Å²) < 4.78 is 41.7. The van der Waals surface area contributed by atoms with Gasteiger partial charge in [-0.15, -0.1) is 0 Å². The van der Waals surface area contributed by atoms with Crippen molar-refractivity contribution in [3.63, 3.8) is 0 Å². The molecule has 2 aromatic rings. The van der Waals surface area contributed by atoms with Crippen molar-refractivity contribution < 1.29 is 22.4 Å². The number of hydrogen-bond acceptors (Lipinski definition) is 4. The first kappa shape index (κ1) is 23.9. The highest BCUT2D eigenvalue weighted by molar-refractivity contribution is 7.89. The summed E-state index contributed by atoms with van der Waals surface area (Å²) in [5.41, 5.74) is 2.21. The second kappa shape index (κ2) is 9.79. The first-order valence-corrected chi connectivity index (χ1v) is 12.0. The molecule has 0 radical (unpaired) electrons. The molecule has 1 atom stereocenters. The number of nitrogens with zero attached hydrogens (tertiary/aromatic N) is 1. The SMILES string of the molecule is CC(=O)N1CCCc2cc(S(=O)(=O)N[C@H](C(=O)NCc3ccc(F)cc3)C(C)C)ccc21. The molecule has 9 heteroatoms. The van der Waals surface area contributed by atoms with Gasteiger partial charge in [0.15, 0.2) is 0 Å². The predicted octanol–water partition coefficient (Wildman–Crippen LogP) is 2.74. The summed E-state index contributed by atoms with van der Waals surface area (Å²) in [7, 11) is -3.97. The summed E-state index contributed by atoms with van der Waals surface area (Å²) in [6.45, 7) is 5.75. The molecule has 0 bridgehead atoms. The third-order valence-corrected chi connectivity index (χ3v) is 6.91. The number of nitrogens with one attached hydrogen (secondary N) is 2. The predicted molar refractivity (Wildman–Crippen MR) is 120 cm³/mol. The topological polar surface area (TPSA) is 95.6 Å². The van der Waals surface area contributed by atoms with Crippen LogP contribution in [-0.4, -0.2) is 32.8 Å². The Kier molecular flexibility index (Phi) is 7.30. The first-order chi connectivity index (χ1) is 15.1. The molecule has 0 saturated carbocycles. The van der Waals surface area contributed by atoms with E-state index in [1.165, 1.54) is 25.1 Å². The van der Waals surface area contributed by atoms with Gasteiger partial charge in [-0.3, -0.25) is 9.59 Å². The molecule has 2 aromatic carbocycles. The Morgan fingerprint density at radius 3 is 2.44 bits per heavy atom. The molecular weight excluding hydrogens is 433 g/mol. The van der Waals surface area contributed by atoms with E-state index in [4.69, 9.17) is 0 Å². The van der Waals surface area contributed by atoms with Gasteiger partial charge in [-0.2, -0.15) is 4.72 Å². The fourth-order valence-electron chi connectivity index (χ4n) is 3.70. The van der Waals surface area contributed by atoms with Crippen molar-refractivity contribution >= 4 is 27.5 Å². The Balaban J connectivity index is 1.75. The molecule has 32 heavy (non-hydrogen) atoms. The van der Waals surface area contributed by atoms with E-state index >= 15 is 0 Å². The molecule has 3 rings (SSSR count). The minimum atomic E-state index is -3.97. The molecule has 0 aromatic heterocycles. The third-order valence-electron chi connectivity index (χ3n) is 5.47. The van der Waals surface area contributed by atoms with Crippen molar-refractivity contribution in [2.24, 2.45) is 5.92 Å². The Morgan fingerprint density at radius 1 is 1.12 bits per heavy atom. The average Bonchev–Trinajstić information content (AvgIpc) is 2.75. The van der Waals surface area contributed by atoms with Gasteiger partial charge in [0.1, 0.15) is 11.9 Å². The standard InChI is InChI=1S/C23H28FN3O4S/c1-15(2)22(23(29)25-14-17-6-8-19(24)9-7-17)26-32(30,31)20-10-11-21-18(13-20)5-4-12-27(21)16(3)28/h6-11,13,15,22,26H,4-5,12,14H2,1-3H3,(H,25,29)/t22-/m0/s1. The van der Waals surface area contributed by atoms with Gasteiger partial charge in [0.2, 0.25) is 21.8 Å². The number of amides is 2. The van der Waals surface area contributed by atoms with E-state index in [0.717, 1.165) is 17.7 Å². The zero-order valence-corrected chi connectivity index (χ0v) is 19.2. The highest BCUT2D eigenvalue weighted by Crippen LogP contribution is 2.29. The van der Waals surface area contributed by atoms with E-state index < -0.39 is 22.0 Å². The van der Waals surface area contributed by atoms with E-state index in [1.54, 1.807) is 43.0 Å². The van der Waals surface area contributed by atoms with Crippen LogP contribution in [0.15, 0.2) is 47.4 Å². The van der Waals surface area contributed by atoms with Crippen LogP contribution in [0.25, 0.3) is 0 Å². The molecule has 0 saturated heterocycles. The van der Waals surface area contributed by atoms with Crippen molar-refractivity contribution in [2.45, 2.75) is 51.1 Å². The van der Waals surface area contributed by atoms with E-state index in [1.807, 2.05) is 0 Å². The number of halogens is 1. The van der Waals surface area contributed by atoms with Crippen molar-refractivity contribution in [3.05, 3.63) is 59.4 Å². The van der Waals surface area contributed by atoms with Crippen LogP contribution in [0.2, 0.25) is 0 Å². The number of rotatable bonds is 7. The third kappa shape index (κ3) is 5.52. The number of carbonyl (C=O) groups excluding carboxylic acids is 2. The van der Waals surface area contributed by atoms with Crippen molar-refractivity contribution in [1.82, 2.24) is 10.0 Å². The zero-order chi connectivity index (χ0) is 23.5. The van der Waals surface area contributed by atoms with Gasteiger partial charge in [0.05, 0.1) is 4.90 Å². The van der Waals surface area contributed by atoms with Gasteiger partial charge in [0, 0.05) is 25.7 Å². The van der Waals surface area contributed by atoms with Crippen LogP contribution >= 0.6 is 0 Å². The highest BCUT2D eigenvalue weighted by atomic mass is 32.2. The maximum Gasteiger partial charge on any atom is 0.241 e. The summed E-state index contributed by atoms with van der Waals surface area (Å²) in [6, 6.07) is 9.40. The molecular formula is C23H28FN3O4S. The Hall–Kier alpha value is -2.78. The molecule has 0 aliphatic carbocycles. The van der Waals surface area contributed by atoms with Crippen molar-refractivity contribution in [2.75, 3.05) is 11.4 Å². The summed E-state index contributed by atoms with van der Waals surface area (Å²) in [4.78, 5) is 26.3. The lowest BCUT2D eigenvalue weighted by molar-refractivity contribution is -0.123. The number of hydrogen-bond donors (Lipinski definition) is 2. The number of sulfonamides is 1. The number of fused-ring (bicyclic) bond motifs is 1. The fraction of sp³-hybridized carbons (Fsp3) is 0.391. The Morgan fingerprint density at radius 2 is 1.81 bits per heavy atom. The average molecular weight is 462 g/mol. The normalized spacial score (nSPS) is 14.7. The lowest BCUT2D eigenvalue weighted by Gasteiger charge is -2.29. The van der Waals surface area contributed by atoms with Crippen LogP contribution in [0.1, 0.15) is 38.3 Å². The van der Waals surface area contributed by atoms with E-state index in [9.17, 15) is 22.4 Å². The van der Waals surface area contributed by atoms with Gasteiger partial charge in [0.25, 0.3) is 0 Å². The van der Waals surface area contributed by atoms with Crippen LogP contribution < -0.4 is 14.9 Å². The van der Waals surface area contributed by atoms with E-state index in [-0.39, 0.29) is 29.1 Å². The number of benzene rings is 2. The molecule has 0 spiro atoms. The summed E-state index contributed by atoms with van der Waals surface area (Å²) in [5, 5.41) is 2.71. The van der Waals surface area contributed by atoms with Gasteiger partial charge >= 0.3 is 0 Å². The molecule has 1 aliphatic rings. The van der Waals surface area contributed by atoms with Gasteiger partial charge in [-0.25, -0.2) is 12.8 Å². The monoisotopic (exact) mass is 461 g/mol. The molecule has 2 amide bonds. The Bertz CT molecular complexity index is 1100. The van der Waals surface area contributed by atoms with Crippen molar-refractivity contribution in [3.8, 4) is 0 Å². The second-order valence-electron chi connectivity index (χ2n) is 8.25. The first-order valence-electron chi connectivity index (χ1n) is 10.5. The minimum Gasteiger partial charge on any atom is -0.351 e. The molecule has 172 valence electrons. The van der Waals surface area contributed by atoms with Crippen LogP contribution in [0.4, 0.5) is 10.1 Å². The van der Waals surface area contributed by atoms with E-state index in [0.29, 0.717) is 18.5 Å². The fourth-order valence-corrected chi connectivity index (χ4v) is 5.09. The molecule has 2 N–H and O–H groups in total. The zero-order valence-electron chi connectivity index (χ0n) is 18.4. The summed E-state index contributed by atoms with van der Waals surface area (Å²) in [6.07, 6.45) is 1.43. The minimum absolute atomic E-state index is 0.0543. The lowest BCUT2D eigenvalue weighted by atomic mass is 10.0. The molecule has 0 fully saturated rings. The van der Waals surface area contributed by atoms with Crippen molar-refractivity contribution in [1.29, 1.82) is 0 Å².